The maximum absolute atomic E-state index is 12.9. The molecule has 0 radical (unpaired) electrons. The predicted molar refractivity (Wildman–Crippen MR) is 62.8 cm³/mol. The Morgan fingerprint density at radius 2 is 1.94 bits per heavy atom. The van der Waals surface area contributed by atoms with Crippen molar-refractivity contribution in [2.45, 2.75) is 44.3 Å². The number of hydrogen-bond donors (Lipinski definition) is 1. The van der Waals surface area contributed by atoms with E-state index in [2.05, 4.69) is 15.3 Å². The zero-order valence-corrected chi connectivity index (χ0v) is 10.7. The summed E-state index contributed by atoms with van der Waals surface area (Å²) in [5.41, 5.74) is -1.32. The third-order valence-corrected chi connectivity index (χ3v) is 3.36. The number of nitrogens with zero attached hydrogens (tertiary/aromatic N) is 2. The van der Waals surface area contributed by atoms with Crippen molar-refractivity contribution in [3.63, 3.8) is 0 Å². The molecule has 0 spiro atoms. The molecule has 1 heterocycles. The molecule has 0 unspecified atom stereocenters. The van der Waals surface area contributed by atoms with E-state index in [1.165, 1.54) is 6.33 Å². The Labute approximate surface area is 108 Å². The molecular formula is C11H13ClF3N3. The summed E-state index contributed by atoms with van der Waals surface area (Å²) in [6.45, 7) is 3.67. The highest BCUT2D eigenvalue weighted by atomic mass is 35.5. The van der Waals surface area contributed by atoms with Gasteiger partial charge in [0.15, 0.2) is 0 Å². The van der Waals surface area contributed by atoms with E-state index >= 15 is 0 Å². The van der Waals surface area contributed by atoms with Crippen LogP contribution in [0.2, 0.25) is 5.15 Å². The first-order chi connectivity index (χ1) is 8.27. The van der Waals surface area contributed by atoms with Crippen molar-refractivity contribution in [1.82, 2.24) is 9.97 Å². The summed E-state index contributed by atoms with van der Waals surface area (Å²) in [6.07, 6.45) is -2.98. The summed E-state index contributed by atoms with van der Waals surface area (Å²) >= 11 is 5.92. The van der Waals surface area contributed by atoms with Crippen LogP contribution in [0.3, 0.4) is 0 Å². The Morgan fingerprint density at radius 1 is 1.33 bits per heavy atom. The van der Waals surface area contributed by atoms with Crippen molar-refractivity contribution < 1.29 is 13.2 Å². The lowest BCUT2D eigenvalue weighted by Gasteiger charge is -2.23. The Morgan fingerprint density at radius 3 is 2.39 bits per heavy atom. The van der Waals surface area contributed by atoms with Crippen LogP contribution in [0.4, 0.5) is 19.0 Å². The Hall–Kier alpha value is -1.04. The topological polar surface area (TPSA) is 37.8 Å². The molecule has 0 atom stereocenters. The number of halogens is 4. The third kappa shape index (κ3) is 2.25. The molecule has 1 aromatic heterocycles. The van der Waals surface area contributed by atoms with E-state index in [1.807, 2.05) is 13.8 Å². The normalized spacial score (nSPS) is 17.9. The van der Waals surface area contributed by atoms with Crippen LogP contribution >= 0.6 is 11.6 Å². The van der Waals surface area contributed by atoms with Crippen LogP contribution in [0.15, 0.2) is 6.33 Å². The first-order valence-electron chi connectivity index (χ1n) is 5.62. The monoisotopic (exact) mass is 279 g/mol. The van der Waals surface area contributed by atoms with Gasteiger partial charge in [0, 0.05) is 5.56 Å². The van der Waals surface area contributed by atoms with E-state index < -0.39 is 11.7 Å². The van der Waals surface area contributed by atoms with Crippen LogP contribution in [-0.2, 0) is 0 Å². The lowest BCUT2D eigenvalue weighted by molar-refractivity contribution is -0.151. The number of anilines is 1. The summed E-state index contributed by atoms with van der Waals surface area (Å²) in [5.74, 6) is 0.130. The molecule has 1 aromatic rings. The van der Waals surface area contributed by atoms with Gasteiger partial charge in [0.1, 0.15) is 22.8 Å². The highest BCUT2D eigenvalue weighted by Crippen LogP contribution is 2.51. The molecule has 2 rings (SSSR count). The molecule has 0 amide bonds. The molecule has 1 aliphatic rings. The number of rotatable bonds is 3. The van der Waals surface area contributed by atoms with E-state index in [4.69, 9.17) is 11.6 Å². The number of nitrogens with one attached hydrogen (secondary N) is 1. The smallest absolute Gasteiger partial charge is 0.356 e. The van der Waals surface area contributed by atoms with Crippen LogP contribution in [-0.4, -0.2) is 21.7 Å². The Bertz CT molecular complexity index is 455. The Kier molecular flexibility index (Phi) is 3.17. The van der Waals surface area contributed by atoms with Gasteiger partial charge in [0.25, 0.3) is 0 Å². The molecule has 1 N–H and O–H groups in total. The highest BCUT2D eigenvalue weighted by molar-refractivity contribution is 6.30. The van der Waals surface area contributed by atoms with Crippen LogP contribution < -0.4 is 5.32 Å². The van der Waals surface area contributed by atoms with E-state index in [9.17, 15) is 13.2 Å². The van der Waals surface area contributed by atoms with Gasteiger partial charge in [-0.25, -0.2) is 9.97 Å². The van der Waals surface area contributed by atoms with E-state index in [0.29, 0.717) is 5.56 Å². The number of hydrogen-bond acceptors (Lipinski definition) is 3. The molecule has 1 aliphatic carbocycles. The molecule has 1 fully saturated rings. The predicted octanol–water partition coefficient (Wildman–Crippen LogP) is 3.76. The first-order valence-corrected chi connectivity index (χ1v) is 6.00. The van der Waals surface area contributed by atoms with Gasteiger partial charge in [-0.05, 0) is 18.8 Å². The minimum absolute atomic E-state index is 0.0507. The molecular weight excluding hydrogens is 267 g/mol. The quantitative estimate of drug-likeness (QED) is 0.856. The standard InChI is InChI=1S/C11H13ClF3N3/c1-6(2)7-8(12)16-5-17-9(7)18-10(3-4-10)11(13,14)15/h5-6H,3-4H2,1-2H3,(H,16,17,18). The largest absolute Gasteiger partial charge is 0.411 e. The summed E-state index contributed by atoms with van der Waals surface area (Å²) in [5, 5.41) is 2.69. The Balaban J connectivity index is 2.33. The zero-order valence-electron chi connectivity index (χ0n) is 9.98. The minimum atomic E-state index is -4.28. The number of alkyl halides is 3. The van der Waals surface area contributed by atoms with Crippen LogP contribution in [0.1, 0.15) is 38.2 Å². The van der Waals surface area contributed by atoms with E-state index in [0.717, 1.165) is 0 Å². The minimum Gasteiger partial charge on any atom is -0.356 e. The SMILES string of the molecule is CC(C)c1c(Cl)ncnc1NC1(C(F)(F)F)CC1. The number of aromatic nitrogens is 2. The van der Waals surface area contributed by atoms with Gasteiger partial charge in [0.05, 0.1) is 0 Å². The summed E-state index contributed by atoms with van der Waals surface area (Å²) in [7, 11) is 0. The van der Waals surface area contributed by atoms with Gasteiger partial charge in [-0.15, -0.1) is 0 Å². The highest BCUT2D eigenvalue weighted by Gasteiger charge is 2.63. The molecule has 0 aromatic carbocycles. The summed E-state index contributed by atoms with van der Waals surface area (Å²) in [6, 6.07) is 0. The molecule has 0 saturated heterocycles. The molecule has 0 bridgehead atoms. The van der Waals surface area contributed by atoms with Crippen LogP contribution in [0.5, 0.6) is 0 Å². The molecule has 18 heavy (non-hydrogen) atoms. The van der Waals surface area contributed by atoms with Gasteiger partial charge in [-0.1, -0.05) is 25.4 Å². The molecule has 1 saturated carbocycles. The summed E-state index contributed by atoms with van der Waals surface area (Å²) < 4.78 is 38.6. The third-order valence-electron chi connectivity index (χ3n) is 3.06. The van der Waals surface area contributed by atoms with Crippen molar-refractivity contribution in [3.05, 3.63) is 17.0 Å². The van der Waals surface area contributed by atoms with Gasteiger partial charge < -0.3 is 5.32 Å². The van der Waals surface area contributed by atoms with Crippen molar-refractivity contribution in [3.8, 4) is 0 Å². The maximum atomic E-state index is 12.9. The second-order valence-electron chi connectivity index (χ2n) is 4.79. The van der Waals surface area contributed by atoms with E-state index in [1.54, 1.807) is 0 Å². The lowest BCUT2D eigenvalue weighted by Crippen LogP contribution is -2.39. The maximum Gasteiger partial charge on any atom is 0.411 e. The lowest BCUT2D eigenvalue weighted by atomic mass is 10.1. The van der Waals surface area contributed by atoms with E-state index in [-0.39, 0.29) is 29.7 Å². The van der Waals surface area contributed by atoms with Crippen molar-refractivity contribution in [2.24, 2.45) is 0 Å². The van der Waals surface area contributed by atoms with Crippen molar-refractivity contribution in [1.29, 1.82) is 0 Å². The van der Waals surface area contributed by atoms with Crippen molar-refractivity contribution in [2.75, 3.05) is 5.32 Å². The summed E-state index contributed by atoms with van der Waals surface area (Å²) in [4.78, 5) is 7.70. The van der Waals surface area contributed by atoms with Crippen LogP contribution in [0, 0.1) is 0 Å². The van der Waals surface area contributed by atoms with Gasteiger partial charge in [-0.3, -0.25) is 0 Å². The molecule has 3 nitrogen and oxygen atoms in total. The fourth-order valence-electron chi connectivity index (χ4n) is 1.82. The zero-order chi connectivity index (χ0) is 13.6. The fourth-order valence-corrected chi connectivity index (χ4v) is 2.17. The van der Waals surface area contributed by atoms with Crippen LogP contribution in [0.25, 0.3) is 0 Å². The van der Waals surface area contributed by atoms with Gasteiger partial charge in [0.2, 0.25) is 0 Å². The fraction of sp³-hybridized carbons (Fsp3) is 0.636. The molecule has 7 heteroatoms. The van der Waals surface area contributed by atoms with Gasteiger partial charge >= 0.3 is 6.18 Å². The van der Waals surface area contributed by atoms with Gasteiger partial charge in [-0.2, -0.15) is 13.2 Å². The second-order valence-corrected chi connectivity index (χ2v) is 5.14. The molecule has 0 aliphatic heterocycles. The first kappa shape index (κ1) is 13.4. The average Bonchev–Trinajstić information content (AvgIpc) is 2.97. The second kappa shape index (κ2) is 4.26. The average molecular weight is 280 g/mol. The van der Waals surface area contributed by atoms with Crippen molar-refractivity contribution >= 4 is 17.4 Å². The molecule has 100 valence electrons.